The fourth-order valence-corrected chi connectivity index (χ4v) is 10.0. The van der Waals surface area contributed by atoms with E-state index in [9.17, 15) is 19.2 Å². The molecular weight excluding hydrogens is 528 g/mol. The Labute approximate surface area is 238 Å². The van der Waals surface area contributed by atoms with Crippen LogP contribution in [0.3, 0.4) is 0 Å². The molecule has 2 bridgehead atoms. The molecule has 0 radical (unpaired) electrons. The van der Waals surface area contributed by atoms with Gasteiger partial charge in [0.15, 0.2) is 5.78 Å². The Morgan fingerprint density at radius 3 is 2.41 bits per heavy atom. The van der Waals surface area contributed by atoms with E-state index < -0.39 is 52.4 Å². The van der Waals surface area contributed by atoms with Crippen LogP contribution in [0.15, 0.2) is 46.1 Å². The third-order valence-electron chi connectivity index (χ3n) is 11.8. The Kier molecular flexibility index (Phi) is 5.42. The van der Waals surface area contributed by atoms with Gasteiger partial charge in [-0.1, -0.05) is 25.5 Å². The lowest BCUT2D eigenvalue weighted by atomic mass is 9.42. The molecule has 3 fully saturated rings. The smallest absolute Gasteiger partial charge is 0.336 e. The second-order valence-corrected chi connectivity index (χ2v) is 13.3. The van der Waals surface area contributed by atoms with Crippen LogP contribution in [0.2, 0.25) is 0 Å². The summed E-state index contributed by atoms with van der Waals surface area (Å²) in [6.45, 7) is 9.82. The molecule has 9 heteroatoms. The molecule has 4 aliphatic heterocycles. The average molecular weight is 565 g/mol. The fraction of sp³-hybridized carbons (Fsp3) is 0.625. The summed E-state index contributed by atoms with van der Waals surface area (Å²) >= 11 is 0. The number of carbonyl (C=O) groups is 4. The zero-order valence-electron chi connectivity index (χ0n) is 24.4. The maximum Gasteiger partial charge on any atom is 0.336 e. The van der Waals surface area contributed by atoms with Gasteiger partial charge in [0.1, 0.15) is 24.4 Å². The van der Waals surface area contributed by atoms with Gasteiger partial charge in [-0.2, -0.15) is 0 Å². The van der Waals surface area contributed by atoms with Crippen molar-refractivity contribution in [3.8, 4) is 0 Å². The molecule has 11 atom stereocenters. The second-order valence-electron chi connectivity index (χ2n) is 13.3. The monoisotopic (exact) mass is 564 g/mol. The summed E-state index contributed by atoms with van der Waals surface area (Å²) < 4.78 is 29.3. The number of esters is 3. The minimum atomic E-state index is -1.05. The third kappa shape index (κ3) is 2.99. The quantitative estimate of drug-likeness (QED) is 0.289. The van der Waals surface area contributed by atoms with Crippen LogP contribution < -0.4 is 0 Å². The lowest BCUT2D eigenvalue weighted by Crippen LogP contribution is -2.66. The van der Waals surface area contributed by atoms with E-state index in [0.29, 0.717) is 12.0 Å². The van der Waals surface area contributed by atoms with E-state index in [-0.39, 0.29) is 42.3 Å². The van der Waals surface area contributed by atoms with Crippen LogP contribution in [-0.2, 0) is 42.9 Å². The topological polar surface area (TPSA) is 114 Å². The highest BCUT2D eigenvalue weighted by molar-refractivity contribution is 6.00. The van der Waals surface area contributed by atoms with Crippen LogP contribution in [-0.4, -0.2) is 68.4 Å². The first-order valence-electron chi connectivity index (χ1n) is 14.4. The van der Waals surface area contributed by atoms with E-state index in [0.717, 1.165) is 22.3 Å². The highest BCUT2D eigenvalue weighted by atomic mass is 16.6. The number of ketones is 1. The van der Waals surface area contributed by atoms with Crippen molar-refractivity contribution in [1.82, 2.24) is 0 Å². The van der Waals surface area contributed by atoms with Gasteiger partial charge in [0.2, 0.25) is 0 Å². The molecule has 3 unspecified atom stereocenters. The number of hydrogen-bond acceptors (Lipinski definition) is 9. The van der Waals surface area contributed by atoms with E-state index in [4.69, 9.17) is 23.7 Å². The summed E-state index contributed by atoms with van der Waals surface area (Å²) in [5, 5.41) is 0. The molecular formula is C32H36O9. The Bertz CT molecular complexity index is 1450. The van der Waals surface area contributed by atoms with Gasteiger partial charge in [0.05, 0.1) is 37.7 Å². The molecule has 41 heavy (non-hydrogen) atoms. The molecule has 4 heterocycles. The predicted octanol–water partition coefficient (Wildman–Crippen LogP) is 3.18. The minimum Gasteiger partial charge on any atom is -0.469 e. The molecule has 1 saturated carbocycles. The summed E-state index contributed by atoms with van der Waals surface area (Å²) in [5.41, 5.74) is 1.93. The lowest BCUT2D eigenvalue weighted by Gasteiger charge is -2.59. The number of methoxy groups -OCH3 is 2. The van der Waals surface area contributed by atoms with Crippen molar-refractivity contribution in [2.24, 2.45) is 34.0 Å². The molecule has 0 N–H and O–H groups in total. The van der Waals surface area contributed by atoms with Crippen molar-refractivity contribution in [3.63, 3.8) is 0 Å². The van der Waals surface area contributed by atoms with Gasteiger partial charge < -0.3 is 23.7 Å². The van der Waals surface area contributed by atoms with Gasteiger partial charge in [-0.05, 0) is 62.0 Å². The number of ether oxygens (including phenoxy) is 5. The van der Waals surface area contributed by atoms with E-state index in [1.807, 2.05) is 26.8 Å². The molecule has 2 saturated heterocycles. The van der Waals surface area contributed by atoms with Crippen molar-refractivity contribution in [3.05, 3.63) is 46.1 Å². The zero-order chi connectivity index (χ0) is 29.4. The highest BCUT2D eigenvalue weighted by Crippen LogP contribution is 2.72. The molecule has 0 spiro atoms. The van der Waals surface area contributed by atoms with Gasteiger partial charge >= 0.3 is 17.9 Å². The maximum absolute atomic E-state index is 13.9. The summed E-state index contributed by atoms with van der Waals surface area (Å²) in [6, 6.07) is 0. The van der Waals surface area contributed by atoms with Gasteiger partial charge in [-0.25, -0.2) is 4.79 Å². The Hall–Kier alpha value is -3.04. The first-order valence-corrected chi connectivity index (χ1v) is 14.4. The third-order valence-corrected chi connectivity index (χ3v) is 11.8. The first-order chi connectivity index (χ1) is 19.3. The number of fused-ring (bicyclic) bond motifs is 6. The summed E-state index contributed by atoms with van der Waals surface area (Å²) in [5.74, 6) is -2.17. The molecule has 7 rings (SSSR count). The number of rotatable bonds is 4. The second kappa shape index (κ2) is 8.28. The van der Waals surface area contributed by atoms with E-state index >= 15 is 0 Å². The van der Waals surface area contributed by atoms with Crippen LogP contribution in [0.4, 0.5) is 0 Å². The summed E-state index contributed by atoms with van der Waals surface area (Å²) in [6.07, 6.45) is 3.77. The first kappa shape index (κ1) is 26.8. The zero-order valence-corrected chi connectivity index (χ0v) is 24.4. The predicted molar refractivity (Wildman–Crippen MR) is 143 cm³/mol. The Morgan fingerprint density at radius 1 is 1.02 bits per heavy atom. The van der Waals surface area contributed by atoms with Gasteiger partial charge in [0.25, 0.3) is 0 Å². The molecule has 218 valence electrons. The van der Waals surface area contributed by atoms with Crippen LogP contribution in [0, 0.1) is 34.0 Å². The van der Waals surface area contributed by atoms with Gasteiger partial charge in [-0.3, -0.25) is 14.4 Å². The molecule has 7 aliphatic rings. The van der Waals surface area contributed by atoms with Crippen molar-refractivity contribution in [2.75, 3.05) is 14.2 Å². The maximum atomic E-state index is 13.9. The van der Waals surface area contributed by atoms with Crippen LogP contribution in [0.25, 0.3) is 0 Å². The van der Waals surface area contributed by atoms with Crippen molar-refractivity contribution >= 4 is 23.7 Å². The standard InChI is InChI=1S/C32H36O9/c1-13-15(16-11-17-22(28(35)38-7)14(2)24(16)39-17)10-18-23(13)32(5)19(12-21(34)37-6)31(4)20(33)8-9-30(3)26(31)25(27(32)40-18)41-29(30)36/h8-9,11,15,17-19,24-27H,10,12H2,1-7H3/t15-,17?,18+,19-,24?,25-,26?,27-,30-,31+,32-/m1/s1. The van der Waals surface area contributed by atoms with Crippen LogP contribution in [0.5, 0.6) is 0 Å². The van der Waals surface area contributed by atoms with Crippen LogP contribution >= 0.6 is 0 Å². The summed E-state index contributed by atoms with van der Waals surface area (Å²) in [7, 11) is 2.73. The molecule has 3 aliphatic carbocycles. The van der Waals surface area contributed by atoms with Gasteiger partial charge in [-0.15, -0.1) is 0 Å². The number of allylic oxidation sites excluding steroid dienone is 2. The van der Waals surface area contributed by atoms with Crippen molar-refractivity contribution in [1.29, 1.82) is 0 Å². The highest BCUT2D eigenvalue weighted by Gasteiger charge is 2.78. The van der Waals surface area contributed by atoms with Crippen LogP contribution in [0.1, 0.15) is 47.5 Å². The van der Waals surface area contributed by atoms with Gasteiger partial charge in [0, 0.05) is 22.7 Å². The Balaban J connectivity index is 1.35. The van der Waals surface area contributed by atoms with E-state index in [1.54, 1.807) is 6.08 Å². The molecule has 0 aromatic heterocycles. The Morgan fingerprint density at radius 2 is 1.76 bits per heavy atom. The summed E-state index contributed by atoms with van der Waals surface area (Å²) in [4.78, 5) is 52.5. The van der Waals surface area contributed by atoms with Crippen molar-refractivity contribution in [2.45, 2.75) is 78.0 Å². The van der Waals surface area contributed by atoms with E-state index in [2.05, 4.69) is 13.8 Å². The largest absolute Gasteiger partial charge is 0.469 e. The van der Waals surface area contributed by atoms with E-state index in [1.165, 1.54) is 20.3 Å². The molecule has 0 aromatic carbocycles. The SMILES string of the molecule is COC(=O)C[C@H]1[C@]2(C)C3=C(C)[C@H](C4=CC5OC4C(C)=C5C(=O)OC)C[C@@H]3O[C@@H]2[C@@H]2OC(=O)[C@]3(C)C=CC(=O)[C@@]1(C)C23. The fourth-order valence-electron chi connectivity index (χ4n) is 10.0. The lowest BCUT2D eigenvalue weighted by molar-refractivity contribution is -0.190. The number of hydrogen-bond donors (Lipinski definition) is 0. The minimum absolute atomic E-state index is 0.0135. The number of carbonyl (C=O) groups excluding carboxylic acids is 4. The molecule has 0 aromatic rings. The van der Waals surface area contributed by atoms with Crippen molar-refractivity contribution < 1.29 is 42.9 Å². The molecule has 0 amide bonds. The molecule has 9 nitrogen and oxygen atoms in total. The normalized spacial score (nSPS) is 46.9. The average Bonchev–Trinajstić information content (AvgIpc) is 3.71.